The molecule has 0 aromatic rings. The second-order valence-corrected chi connectivity index (χ2v) is 3.48. The molecule has 0 aliphatic heterocycles. The van der Waals surface area contributed by atoms with Gasteiger partial charge in [0.05, 0.1) is 13.2 Å². The monoisotopic (exact) mass is 243 g/mol. The van der Waals surface area contributed by atoms with Crippen LogP contribution in [0.25, 0.3) is 0 Å². The zero-order valence-corrected chi connectivity index (χ0v) is 9.22. The first kappa shape index (κ1) is 14.6. The SMILES string of the molecule is O=C(CCCCCl)N(CCO)CC(F)F. The van der Waals surface area contributed by atoms with Crippen LogP contribution in [0.3, 0.4) is 0 Å². The van der Waals surface area contributed by atoms with Gasteiger partial charge in [-0.15, -0.1) is 11.6 Å². The lowest BCUT2D eigenvalue weighted by Gasteiger charge is -2.21. The van der Waals surface area contributed by atoms with Crippen molar-refractivity contribution < 1.29 is 18.7 Å². The number of carbonyl (C=O) groups excluding carboxylic acids is 1. The van der Waals surface area contributed by atoms with E-state index in [1.807, 2.05) is 0 Å². The molecule has 0 saturated carbocycles. The van der Waals surface area contributed by atoms with Gasteiger partial charge in [0.15, 0.2) is 0 Å². The highest BCUT2D eigenvalue weighted by atomic mass is 35.5. The van der Waals surface area contributed by atoms with Gasteiger partial charge in [-0.25, -0.2) is 8.78 Å². The Bertz CT molecular complexity index is 181. The number of rotatable bonds is 8. The first-order valence-electron chi connectivity index (χ1n) is 4.84. The van der Waals surface area contributed by atoms with Crippen molar-refractivity contribution in [2.45, 2.75) is 25.7 Å². The molecule has 0 rings (SSSR count). The van der Waals surface area contributed by atoms with Crippen molar-refractivity contribution in [2.75, 3.05) is 25.6 Å². The molecule has 0 heterocycles. The molecule has 0 bridgehead atoms. The maximum absolute atomic E-state index is 12.1. The highest BCUT2D eigenvalue weighted by molar-refractivity contribution is 6.17. The van der Waals surface area contributed by atoms with Crippen LogP contribution in [0.1, 0.15) is 19.3 Å². The van der Waals surface area contributed by atoms with Crippen molar-refractivity contribution in [3.05, 3.63) is 0 Å². The summed E-state index contributed by atoms with van der Waals surface area (Å²) in [6.45, 7) is -0.946. The Morgan fingerprint density at radius 1 is 1.40 bits per heavy atom. The van der Waals surface area contributed by atoms with E-state index in [4.69, 9.17) is 16.7 Å². The molecule has 0 atom stereocenters. The smallest absolute Gasteiger partial charge is 0.255 e. The summed E-state index contributed by atoms with van der Waals surface area (Å²) < 4.78 is 24.1. The van der Waals surface area contributed by atoms with E-state index in [9.17, 15) is 13.6 Å². The number of hydrogen-bond acceptors (Lipinski definition) is 2. The summed E-state index contributed by atoms with van der Waals surface area (Å²) in [4.78, 5) is 12.4. The molecule has 0 aromatic heterocycles. The fourth-order valence-corrected chi connectivity index (χ4v) is 1.32. The predicted molar refractivity (Wildman–Crippen MR) is 54.2 cm³/mol. The largest absolute Gasteiger partial charge is 0.395 e. The third-order valence-electron chi connectivity index (χ3n) is 1.86. The molecule has 15 heavy (non-hydrogen) atoms. The number of unbranched alkanes of at least 4 members (excludes halogenated alkanes) is 1. The van der Waals surface area contributed by atoms with Crippen LogP contribution in [0.4, 0.5) is 8.78 Å². The van der Waals surface area contributed by atoms with E-state index in [0.29, 0.717) is 18.7 Å². The maximum Gasteiger partial charge on any atom is 0.255 e. The van der Waals surface area contributed by atoms with Crippen LogP contribution in [0.15, 0.2) is 0 Å². The number of amides is 1. The molecular formula is C9H16ClF2NO2. The van der Waals surface area contributed by atoms with Gasteiger partial charge >= 0.3 is 0 Å². The van der Waals surface area contributed by atoms with E-state index in [1.54, 1.807) is 0 Å². The van der Waals surface area contributed by atoms with Crippen LogP contribution >= 0.6 is 11.6 Å². The van der Waals surface area contributed by atoms with Crippen LogP contribution < -0.4 is 0 Å². The lowest BCUT2D eigenvalue weighted by Crippen LogP contribution is -2.37. The molecule has 0 aromatic carbocycles. The molecule has 0 fully saturated rings. The fraction of sp³-hybridized carbons (Fsp3) is 0.889. The number of hydrogen-bond donors (Lipinski definition) is 1. The molecule has 90 valence electrons. The van der Waals surface area contributed by atoms with E-state index in [-0.39, 0.29) is 25.5 Å². The fourth-order valence-electron chi connectivity index (χ4n) is 1.13. The zero-order chi connectivity index (χ0) is 11.7. The van der Waals surface area contributed by atoms with Gasteiger partial charge in [0.1, 0.15) is 0 Å². The summed E-state index contributed by atoms with van der Waals surface area (Å²) in [5.41, 5.74) is 0. The standard InChI is InChI=1S/C9H16ClF2NO2/c10-4-2-1-3-9(15)13(5-6-14)7-8(11)12/h8,14H,1-7H2. The molecule has 0 radical (unpaired) electrons. The molecular weight excluding hydrogens is 228 g/mol. The van der Waals surface area contributed by atoms with Crippen LogP contribution in [-0.4, -0.2) is 47.9 Å². The summed E-state index contributed by atoms with van der Waals surface area (Å²) in [5, 5.41) is 8.61. The molecule has 0 aliphatic rings. The van der Waals surface area contributed by atoms with Gasteiger partial charge in [-0.2, -0.15) is 0 Å². The molecule has 0 aliphatic carbocycles. The summed E-state index contributed by atoms with van der Waals surface area (Å²) >= 11 is 5.43. The van der Waals surface area contributed by atoms with E-state index in [1.165, 1.54) is 0 Å². The third kappa shape index (κ3) is 7.50. The quantitative estimate of drug-likeness (QED) is 0.518. The Kier molecular flexibility index (Phi) is 8.61. The minimum absolute atomic E-state index is 0.0377. The van der Waals surface area contributed by atoms with Crippen LogP contribution in [-0.2, 0) is 4.79 Å². The minimum Gasteiger partial charge on any atom is -0.395 e. The van der Waals surface area contributed by atoms with Gasteiger partial charge < -0.3 is 10.0 Å². The van der Waals surface area contributed by atoms with Crippen LogP contribution in [0.5, 0.6) is 0 Å². The van der Waals surface area contributed by atoms with Gasteiger partial charge in [0.25, 0.3) is 6.43 Å². The predicted octanol–water partition coefficient (Wildman–Crippen LogP) is 1.48. The van der Waals surface area contributed by atoms with E-state index >= 15 is 0 Å². The van der Waals surface area contributed by atoms with Crippen molar-refractivity contribution >= 4 is 17.5 Å². The van der Waals surface area contributed by atoms with E-state index in [0.717, 1.165) is 4.90 Å². The van der Waals surface area contributed by atoms with E-state index in [2.05, 4.69) is 0 Å². The average Bonchev–Trinajstić information content (AvgIpc) is 2.17. The Morgan fingerprint density at radius 3 is 2.53 bits per heavy atom. The average molecular weight is 244 g/mol. The van der Waals surface area contributed by atoms with Gasteiger partial charge in [0.2, 0.25) is 5.91 Å². The lowest BCUT2D eigenvalue weighted by atomic mass is 10.2. The summed E-state index contributed by atoms with van der Waals surface area (Å²) in [5.74, 6) is 0.108. The van der Waals surface area contributed by atoms with Gasteiger partial charge in [-0.3, -0.25) is 4.79 Å². The zero-order valence-electron chi connectivity index (χ0n) is 8.46. The van der Waals surface area contributed by atoms with E-state index < -0.39 is 13.0 Å². The van der Waals surface area contributed by atoms with Crippen molar-refractivity contribution in [1.82, 2.24) is 4.90 Å². The third-order valence-corrected chi connectivity index (χ3v) is 2.12. The topological polar surface area (TPSA) is 40.5 Å². The first-order chi connectivity index (χ1) is 7.11. The normalized spacial score (nSPS) is 10.7. The Morgan fingerprint density at radius 2 is 2.07 bits per heavy atom. The van der Waals surface area contributed by atoms with Crippen LogP contribution in [0.2, 0.25) is 0 Å². The summed E-state index contributed by atoms with van der Waals surface area (Å²) in [6.07, 6.45) is -1.07. The van der Waals surface area contributed by atoms with Gasteiger partial charge in [-0.1, -0.05) is 0 Å². The highest BCUT2D eigenvalue weighted by Crippen LogP contribution is 2.05. The van der Waals surface area contributed by atoms with Gasteiger partial charge in [0, 0.05) is 18.8 Å². The van der Waals surface area contributed by atoms with Crippen molar-refractivity contribution in [2.24, 2.45) is 0 Å². The number of aliphatic hydroxyl groups excluding tert-OH is 1. The molecule has 0 spiro atoms. The van der Waals surface area contributed by atoms with Crippen LogP contribution in [0, 0.1) is 0 Å². The van der Waals surface area contributed by atoms with Crippen molar-refractivity contribution in [1.29, 1.82) is 0 Å². The molecule has 0 unspecified atom stereocenters. The molecule has 6 heteroatoms. The Balaban J connectivity index is 3.92. The summed E-state index contributed by atoms with van der Waals surface area (Å²) in [7, 11) is 0. The molecule has 3 nitrogen and oxygen atoms in total. The Hall–Kier alpha value is -0.420. The molecule has 1 amide bonds. The second-order valence-electron chi connectivity index (χ2n) is 3.10. The summed E-state index contributed by atoms with van der Waals surface area (Å²) in [6, 6.07) is 0. The number of nitrogens with zero attached hydrogens (tertiary/aromatic N) is 1. The molecule has 1 N–H and O–H groups in total. The minimum atomic E-state index is -2.56. The number of carbonyl (C=O) groups is 1. The number of aliphatic hydroxyl groups is 1. The second kappa shape index (κ2) is 8.85. The Labute approximate surface area is 93.0 Å². The van der Waals surface area contributed by atoms with Crippen molar-refractivity contribution in [3.63, 3.8) is 0 Å². The number of halogens is 3. The lowest BCUT2D eigenvalue weighted by molar-refractivity contribution is -0.133. The van der Waals surface area contributed by atoms with Gasteiger partial charge in [-0.05, 0) is 12.8 Å². The molecule has 0 saturated heterocycles. The first-order valence-corrected chi connectivity index (χ1v) is 5.38. The van der Waals surface area contributed by atoms with Crippen molar-refractivity contribution in [3.8, 4) is 0 Å². The highest BCUT2D eigenvalue weighted by Gasteiger charge is 2.16. The maximum atomic E-state index is 12.1. The number of alkyl halides is 3.